The molecular formula is C22H27N5O. The molecule has 1 aromatic heterocycles. The van der Waals surface area contributed by atoms with Crippen LogP contribution in [-0.2, 0) is 4.79 Å². The maximum atomic E-state index is 12.7. The predicted molar refractivity (Wildman–Crippen MR) is 114 cm³/mol. The van der Waals surface area contributed by atoms with Crippen molar-refractivity contribution < 1.29 is 4.79 Å². The van der Waals surface area contributed by atoms with Gasteiger partial charge in [0.25, 0.3) is 0 Å². The summed E-state index contributed by atoms with van der Waals surface area (Å²) in [6.07, 6.45) is 0.999. The van der Waals surface area contributed by atoms with Crippen molar-refractivity contribution in [3.8, 4) is 0 Å². The fourth-order valence-electron chi connectivity index (χ4n) is 3.76. The molecular weight excluding hydrogens is 350 g/mol. The number of nitrogens with one attached hydrogen (secondary N) is 2. The second-order valence-corrected chi connectivity index (χ2v) is 7.49. The fourth-order valence-corrected chi connectivity index (χ4v) is 3.76. The molecule has 1 amide bonds. The van der Waals surface area contributed by atoms with Crippen molar-refractivity contribution in [1.82, 2.24) is 14.9 Å². The van der Waals surface area contributed by atoms with Gasteiger partial charge in [0.2, 0.25) is 11.9 Å². The largest absolute Gasteiger partial charge is 0.341 e. The zero-order chi connectivity index (χ0) is 19.5. The standard InChI is InChI=1S/C22H27N5O/c1-16-7-5-8-18(15-16)23-21(28)17(2)26-11-6-12-27(14-13-26)22-24-19-9-3-4-10-20(19)25-22/h3-5,7-10,15,17H,6,11-14H2,1-2H3,(H,23,28)(H,24,25). The number of imidazole rings is 1. The van der Waals surface area contributed by atoms with Crippen molar-refractivity contribution in [2.45, 2.75) is 26.3 Å². The van der Waals surface area contributed by atoms with Gasteiger partial charge in [-0.2, -0.15) is 0 Å². The van der Waals surface area contributed by atoms with Crippen molar-refractivity contribution in [3.05, 3.63) is 54.1 Å². The van der Waals surface area contributed by atoms with Gasteiger partial charge in [-0.3, -0.25) is 9.69 Å². The first-order valence-electron chi connectivity index (χ1n) is 9.91. The molecule has 1 saturated heterocycles. The zero-order valence-electron chi connectivity index (χ0n) is 16.5. The molecule has 4 rings (SSSR count). The summed E-state index contributed by atoms with van der Waals surface area (Å²) in [5, 5.41) is 3.05. The fraction of sp³-hybridized carbons (Fsp3) is 0.364. The number of benzene rings is 2. The number of hydrogen-bond acceptors (Lipinski definition) is 4. The van der Waals surface area contributed by atoms with Gasteiger partial charge >= 0.3 is 0 Å². The highest BCUT2D eigenvalue weighted by Gasteiger charge is 2.25. The lowest BCUT2D eigenvalue weighted by Gasteiger charge is -2.27. The summed E-state index contributed by atoms with van der Waals surface area (Å²) < 4.78 is 0. The molecule has 146 valence electrons. The normalized spacial score (nSPS) is 16.7. The zero-order valence-corrected chi connectivity index (χ0v) is 16.5. The Labute approximate surface area is 165 Å². The van der Waals surface area contributed by atoms with Crippen LogP contribution in [0.2, 0.25) is 0 Å². The molecule has 28 heavy (non-hydrogen) atoms. The maximum absolute atomic E-state index is 12.7. The molecule has 1 aliphatic heterocycles. The Hall–Kier alpha value is -2.86. The van der Waals surface area contributed by atoms with E-state index in [2.05, 4.69) is 20.1 Å². The number of para-hydroxylation sites is 2. The highest BCUT2D eigenvalue weighted by molar-refractivity contribution is 5.94. The minimum Gasteiger partial charge on any atom is -0.341 e. The quantitative estimate of drug-likeness (QED) is 0.731. The molecule has 0 aliphatic carbocycles. The smallest absolute Gasteiger partial charge is 0.241 e. The molecule has 2 heterocycles. The second kappa shape index (κ2) is 8.02. The first-order valence-corrected chi connectivity index (χ1v) is 9.91. The number of aryl methyl sites for hydroxylation is 1. The van der Waals surface area contributed by atoms with Crippen molar-refractivity contribution in [1.29, 1.82) is 0 Å². The summed E-state index contributed by atoms with van der Waals surface area (Å²) in [7, 11) is 0. The molecule has 3 aromatic rings. The van der Waals surface area contributed by atoms with Crippen LogP contribution in [0, 0.1) is 6.92 Å². The summed E-state index contributed by atoms with van der Waals surface area (Å²) >= 11 is 0. The third kappa shape index (κ3) is 4.02. The van der Waals surface area contributed by atoms with Crippen LogP contribution in [0.15, 0.2) is 48.5 Å². The lowest BCUT2D eigenvalue weighted by Crippen LogP contribution is -2.44. The Bertz CT molecular complexity index is 933. The van der Waals surface area contributed by atoms with E-state index in [1.54, 1.807) is 0 Å². The summed E-state index contributed by atoms with van der Waals surface area (Å²) in [5.74, 6) is 0.961. The minimum atomic E-state index is -0.170. The van der Waals surface area contributed by atoms with E-state index in [-0.39, 0.29) is 11.9 Å². The number of rotatable bonds is 4. The van der Waals surface area contributed by atoms with E-state index in [1.165, 1.54) is 0 Å². The van der Waals surface area contributed by atoms with Gasteiger partial charge in [0, 0.05) is 31.9 Å². The van der Waals surface area contributed by atoms with Gasteiger partial charge in [-0.05, 0) is 50.1 Å². The summed E-state index contributed by atoms with van der Waals surface area (Å²) in [6.45, 7) is 7.53. The molecule has 2 N–H and O–H groups in total. The van der Waals surface area contributed by atoms with Crippen molar-refractivity contribution in [3.63, 3.8) is 0 Å². The van der Waals surface area contributed by atoms with Crippen LogP contribution in [0.25, 0.3) is 11.0 Å². The first-order chi connectivity index (χ1) is 13.6. The van der Waals surface area contributed by atoms with Gasteiger partial charge in [0.15, 0.2) is 0 Å². The monoisotopic (exact) mass is 377 g/mol. The third-order valence-electron chi connectivity index (χ3n) is 5.42. The topological polar surface area (TPSA) is 64.3 Å². The average Bonchev–Trinajstić information content (AvgIpc) is 2.97. The minimum absolute atomic E-state index is 0.0442. The molecule has 2 aromatic carbocycles. The van der Waals surface area contributed by atoms with Crippen LogP contribution < -0.4 is 10.2 Å². The van der Waals surface area contributed by atoms with Gasteiger partial charge in [0.05, 0.1) is 17.1 Å². The number of amides is 1. The number of nitrogens with zero attached hydrogens (tertiary/aromatic N) is 3. The predicted octanol–water partition coefficient (Wildman–Crippen LogP) is 3.41. The highest BCUT2D eigenvalue weighted by atomic mass is 16.2. The number of aromatic amines is 1. The number of carbonyl (C=O) groups is 1. The van der Waals surface area contributed by atoms with Crippen LogP contribution in [0.1, 0.15) is 18.9 Å². The number of H-pyrrole nitrogens is 1. The van der Waals surface area contributed by atoms with Gasteiger partial charge in [0.1, 0.15) is 0 Å². The summed E-state index contributed by atoms with van der Waals surface area (Å²) in [5.41, 5.74) is 4.05. The Morgan fingerprint density at radius 2 is 1.96 bits per heavy atom. The summed E-state index contributed by atoms with van der Waals surface area (Å²) in [4.78, 5) is 25.4. The molecule has 6 heteroatoms. The Morgan fingerprint density at radius 1 is 1.11 bits per heavy atom. The first kappa shape index (κ1) is 18.5. The van der Waals surface area contributed by atoms with Crippen LogP contribution in [0.4, 0.5) is 11.6 Å². The maximum Gasteiger partial charge on any atom is 0.241 e. The van der Waals surface area contributed by atoms with Crippen LogP contribution in [0.5, 0.6) is 0 Å². The number of carbonyl (C=O) groups excluding carboxylic acids is 1. The van der Waals surface area contributed by atoms with Crippen molar-refractivity contribution in [2.75, 3.05) is 36.4 Å². The van der Waals surface area contributed by atoms with E-state index in [0.29, 0.717) is 0 Å². The SMILES string of the molecule is Cc1cccc(NC(=O)C(C)N2CCCN(c3nc4ccccc4[nH]3)CC2)c1. The average molecular weight is 377 g/mol. The summed E-state index contributed by atoms with van der Waals surface area (Å²) in [6, 6.07) is 15.9. The van der Waals surface area contributed by atoms with Crippen LogP contribution in [0.3, 0.4) is 0 Å². The van der Waals surface area contributed by atoms with E-state index in [0.717, 1.165) is 60.8 Å². The number of fused-ring (bicyclic) bond motifs is 1. The van der Waals surface area contributed by atoms with Crippen LogP contribution in [-0.4, -0.2) is 53.0 Å². The number of hydrogen-bond donors (Lipinski definition) is 2. The number of anilines is 2. The lowest BCUT2D eigenvalue weighted by molar-refractivity contribution is -0.120. The second-order valence-electron chi connectivity index (χ2n) is 7.49. The van der Waals surface area contributed by atoms with Crippen molar-refractivity contribution >= 4 is 28.6 Å². The number of aromatic nitrogens is 2. The third-order valence-corrected chi connectivity index (χ3v) is 5.42. The molecule has 1 aliphatic rings. The highest BCUT2D eigenvalue weighted by Crippen LogP contribution is 2.19. The van der Waals surface area contributed by atoms with Gasteiger partial charge in [-0.1, -0.05) is 24.3 Å². The molecule has 0 spiro atoms. The molecule has 0 saturated carbocycles. The molecule has 0 radical (unpaired) electrons. The Kier molecular flexibility index (Phi) is 5.30. The van der Waals surface area contributed by atoms with E-state index in [9.17, 15) is 4.79 Å². The van der Waals surface area contributed by atoms with Gasteiger partial charge in [-0.25, -0.2) is 4.98 Å². The molecule has 1 unspecified atom stereocenters. The van der Waals surface area contributed by atoms with E-state index >= 15 is 0 Å². The Morgan fingerprint density at radius 3 is 2.79 bits per heavy atom. The Balaban J connectivity index is 1.39. The van der Waals surface area contributed by atoms with Crippen molar-refractivity contribution in [2.24, 2.45) is 0 Å². The van der Waals surface area contributed by atoms with E-state index in [1.807, 2.05) is 62.4 Å². The van der Waals surface area contributed by atoms with E-state index in [4.69, 9.17) is 4.98 Å². The lowest BCUT2D eigenvalue weighted by atomic mass is 10.2. The molecule has 1 fully saturated rings. The molecule has 0 bridgehead atoms. The van der Waals surface area contributed by atoms with Gasteiger partial charge in [-0.15, -0.1) is 0 Å². The molecule has 6 nitrogen and oxygen atoms in total. The molecule has 1 atom stereocenters. The van der Waals surface area contributed by atoms with Crippen LogP contribution >= 0.6 is 0 Å². The van der Waals surface area contributed by atoms with E-state index < -0.39 is 0 Å². The van der Waals surface area contributed by atoms with Gasteiger partial charge < -0.3 is 15.2 Å².